The van der Waals surface area contributed by atoms with E-state index in [1.165, 1.54) is 42.6 Å². The minimum atomic E-state index is 0.643. The summed E-state index contributed by atoms with van der Waals surface area (Å²) >= 11 is 0. The van der Waals surface area contributed by atoms with E-state index in [4.69, 9.17) is 9.47 Å². The Bertz CT molecular complexity index is 1330. The van der Waals surface area contributed by atoms with Gasteiger partial charge in [-0.05, 0) is 111 Å². The molecular formula is C36H44N4O2. The molecule has 0 saturated carbocycles. The number of nitrogens with zero attached hydrogens (tertiary/aromatic N) is 4. The highest BCUT2D eigenvalue weighted by Crippen LogP contribution is 2.35. The average molecular weight is 565 g/mol. The van der Waals surface area contributed by atoms with Crippen LogP contribution in [0, 0.1) is 13.8 Å². The second kappa shape index (κ2) is 15.5. The summed E-state index contributed by atoms with van der Waals surface area (Å²) in [6.07, 6.45) is 8.34. The van der Waals surface area contributed by atoms with Gasteiger partial charge >= 0.3 is 0 Å². The molecule has 1 aliphatic heterocycles. The number of rotatable bonds is 15. The summed E-state index contributed by atoms with van der Waals surface area (Å²) in [5.74, 6) is 1.91. The molecule has 2 aromatic carbocycles. The summed E-state index contributed by atoms with van der Waals surface area (Å²) in [6, 6.07) is 24.9. The van der Waals surface area contributed by atoms with Gasteiger partial charge in [-0.15, -0.1) is 0 Å². The summed E-state index contributed by atoms with van der Waals surface area (Å²) in [5, 5.41) is 0. The van der Waals surface area contributed by atoms with E-state index in [-0.39, 0.29) is 0 Å². The Hall–Kier alpha value is -3.74. The molecular weight excluding hydrogens is 520 g/mol. The zero-order valence-corrected chi connectivity index (χ0v) is 25.2. The molecule has 4 aromatic rings. The lowest BCUT2D eigenvalue weighted by Gasteiger charge is -2.22. The van der Waals surface area contributed by atoms with Crippen LogP contribution in [-0.4, -0.2) is 59.2 Å². The van der Waals surface area contributed by atoms with Gasteiger partial charge in [0.15, 0.2) is 0 Å². The Kier molecular flexibility index (Phi) is 11.0. The van der Waals surface area contributed by atoms with Gasteiger partial charge in [-0.1, -0.05) is 36.4 Å². The van der Waals surface area contributed by atoms with E-state index < -0.39 is 0 Å². The fraction of sp³-hybridized carbons (Fsp3) is 0.389. The normalized spacial score (nSPS) is 13.5. The second-order valence-electron chi connectivity index (χ2n) is 11.2. The molecule has 0 bridgehead atoms. The molecule has 6 nitrogen and oxygen atoms in total. The first kappa shape index (κ1) is 29.7. The summed E-state index contributed by atoms with van der Waals surface area (Å²) in [6.45, 7) is 11.8. The molecule has 5 rings (SSSR count). The SMILES string of the molecule is Cc1c(OCCCN2CCCC2)cccc1-c1cccc(OCCCN(Cc2ccccn2)Cc2ccccn2)c1C. The fourth-order valence-corrected chi connectivity index (χ4v) is 5.73. The molecule has 1 aliphatic rings. The predicted molar refractivity (Wildman–Crippen MR) is 170 cm³/mol. The van der Waals surface area contributed by atoms with Gasteiger partial charge in [-0.2, -0.15) is 0 Å². The average Bonchev–Trinajstić information content (AvgIpc) is 3.54. The lowest BCUT2D eigenvalue weighted by Crippen LogP contribution is -2.26. The van der Waals surface area contributed by atoms with Crippen molar-refractivity contribution in [2.75, 3.05) is 39.4 Å². The molecule has 220 valence electrons. The van der Waals surface area contributed by atoms with Gasteiger partial charge in [-0.3, -0.25) is 14.9 Å². The van der Waals surface area contributed by atoms with Crippen LogP contribution in [0.1, 0.15) is 48.2 Å². The van der Waals surface area contributed by atoms with Crippen molar-refractivity contribution in [3.63, 3.8) is 0 Å². The van der Waals surface area contributed by atoms with E-state index >= 15 is 0 Å². The molecule has 1 saturated heterocycles. The van der Waals surface area contributed by atoms with Crippen LogP contribution in [0.5, 0.6) is 11.5 Å². The molecule has 0 N–H and O–H groups in total. The van der Waals surface area contributed by atoms with Gasteiger partial charge in [0, 0.05) is 38.6 Å². The van der Waals surface area contributed by atoms with Gasteiger partial charge in [0.05, 0.1) is 24.6 Å². The molecule has 0 radical (unpaired) electrons. The molecule has 1 fully saturated rings. The molecule has 6 heteroatoms. The maximum absolute atomic E-state index is 6.35. The first-order valence-corrected chi connectivity index (χ1v) is 15.4. The van der Waals surface area contributed by atoms with Gasteiger partial charge in [0.25, 0.3) is 0 Å². The van der Waals surface area contributed by atoms with Crippen LogP contribution in [0.25, 0.3) is 11.1 Å². The number of pyridine rings is 2. The largest absolute Gasteiger partial charge is 0.493 e. The molecule has 2 aromatic heterocycles. The van der Waals surface area contributed by atoms with Crippen molar-refractivity contribution < 1.29 is 9.47 Å². The van der Waals surface area contributed by atoms with Crippen LogP contribution in [0.15, 0.2) is 85.2 Å². The van der Waals surface area contributed by atoms with Crippen molar-refractivity contribution in [1.82, 2.24) is 19.8 Å². The van der Waals surface area contributed by atoms with Crippen LogP contribution in [0.4, 0.5) is 0 Å². The smallest absolute Gasteiger partial charge is 0.122 e. The van der Waals surface area contributed by atoms with Gasteiger partial charge < -0.3 is 14.4 Å². The molecule has 42 heavy (non-hydrogen) atoms. The first-order chi connectivity index (χ1) is 20.7. The van der Waals surface area contributed by atoms with Gasteiger partial charge in [-0.25, -0.2) is 0 Å². The third-order valence-electron chi connectivity index (χ3n) is 8.03. The Morgan fingerprint density at radius 3 is 1.74 bits per heavy atom. The van der Waals surface area contributed by atoms with Crippen LogP contribution in [0.3, 0.4) is 0 Å². The monoisotopic (exact) mass is 564 g/mol. The number of hydrogen-bond acceptors (Lipinski definition) is 6. The number of likely N-dealkylation sites (tertiary alicyclic amines) is 1. The predicted octanol–water partition coefficient (Wildman–Crippen LogP) is 7.10. The molecule has 0 unspecified atom stereocenters. The van der Waals surface area contributed by atoms with Crippen molar-refractivity contribution in [2.24, 2.45) is 0 Å². The van der Waals surface area contributed by atoms with E-state index in [9.17, 15) is 0 Å². The van der Waals surface area contributed by atoms with E-state index in [1.807, 2.05) is 36.7 Å². The quantitative estimate of drug-likeness (QED) is 0.144. The maximum atomic E-state index is 6.35. The van der Waals surface area contributed by atoms with Crippen molar-refractivity contribution in [1.29, 1.82) is 0 Å². The lowest BCUT2D eigenvalue weighted by atomic mass is 9.95. The van der Waals surface area contributed by atoms with E-state index in [0.29, 0.717) is 6.61 Å². The minimum Gasteiger partial charge on any atom is -0.493 e. The van der Waals surface area contributed by atoms with E-state index in [0.717, 1.165) is 74.1 Å². The van der Waals surface area contributed by atoms with Gasteiger partial charge in [0.1, 0.15) is 11.5 Å². The standard InChI is InChI=1S/C36H44N4O2/c1-29-33(15-9-17-35(29)41-25-11-23-39-21-7-8-22-39)34-16-10-18-36(30(34)2)42-26-12-24-40(27-31-13-3-5-19-37-31)28-32-14-4-6-20-38-32/h3-6,9-10,13-20H,7-8,11-12,21-28H2,1-2H3. The van der Waals surface area contributed by atoms with Crippen LogP contribution < -0.4 is 9.47 Å². The summed E-state index contributed by atoms with van der Waals surface area (Å²) in [7, 11) is 0. The zero-order valence-electron chi connectivity index (χ0n) is 25.2. The third kappa shape index (κ3) is 8.40. The number of hydrogen-bond donors (Lipinski definition) is 0. The van der Waals surface area contributed by atoms with Crippen molar-refractivity contribution in [3.8, 4) is 22.6 Å². The Morgan fingerprint density at radius 2 is 1.21 bits per heavy atom. The van der Waals surface area contributed by atoms with Crippen molar-refractivity contribution >= 4 is 0 Å². The minimum absolute atomic E-state index is 0.643. The van der Waals surface area contributed by atoms with Crippen molar-refractivity contribution in [3.05, 3.63) is 108 Å². The van der Waals surface area contributed by atoms with E-state index in [2.05, 4.69) is 82.1 Å². The summed E-state index contributed by atoms with van der Waals surface area (Å²) < 4.78 is 12.6. The third-order valence-corrected chi connectivity index (χ3v) is 8.03. The fourth-order valence-electron chi connectivity index (χ4n) is 5.73. The van der Waals surface area contributed by atoms with Gasteiger partial charge in [0.2, 0.25) is 0 Å². The highest BCUT2D eigenvalue weighted by atomic mass is 16.5. The summed E-state index contributed by atoms with van der Waals surface area (Å²) in [5.41, 5.74) is 6.85. The molecule has 0 spiro atoms. The molecule has 0 atom stereocenters. The lowest BCUT2D eigenvalue weighted by molar-refractivity contribution is 0.217. The molecule has 3 heterocycles. The van der Waals surface area contributed by atoms with Crippen LogP contribution in [0.2, 0.25) is 0 Å². The number of aromatic nitrogens is 2. The maximum Gasteiger partial charge on any atom is 0.122 e. The number of ether oxygens (including phenoxy) is 2. The Labute approximate surface area is 251 Å². The second-order valence-corrected chi connectivity index (χ2v) is 11.2. The highest BCUT2D eigenvalue weighted by Gasteiger charge is 2.14. The van der Waals surface area contributed by atoms with Crippen LogP contribution in [-0.2, 0) is 13.1 Å². The van der Waals surface area contributed by atoms with E-state index in [1.54, 1.807) is 0 Å². The zero-order chi connectivity index (χ0) is 29.0. The first-order valence-electron chi connectivity index (χ1n) is 15.4. The highest BCUT2D eigenvalue weighted by molar-refractivity contribution is 5.74. The van der Waals surface area contributed by atoms with Crippen LogP contribution >= 0.6 is 0 Å². The Balaban J connectivity index is 1.17. The number of benzene rings is 2. The Morgan fingerprint density at radius 1 is 0.667 bits per heavy atom. The molecule has 0 aliphatic carbocycles. The summed E-state index contributed by atoms with van der Waals surface area (Å²) in [4.78, 5) is 14.0. The topological polar surface area (TPSA) is 50.7 Å². The molecule has 0 amide bonds. The van der Waals surface area contributed by atoms with Crippen molar-refractivity contribution in [2.45, 2.75) is 52.6 Å².